The summed E-state index contributed by atoms with van der Waals surface area (Å²) in [5.41, 5.74) is 1.19. The number of amides is 1. The molecule has 7 nitrogen and oxygen atoms in total. The Labute approximate surface area is 188 Å². The van der Waals surface area contributed by atoms with E-state index in [0.29, 0.717) is 11.1 Å². The van der Waals surface area contributed by atoms with E-state index in [-0.39, 0.29) is 42.2 Å². The van der Waals surface area contributed by atoms with Gasteiger partial charge in [0, 0.05) is 32.5 Å². The fourth-order valence-corrected chi connectivity index (χ4v) is 5.52. The van der Waals surface area contributed by atoms with Crippen LogP contribution in [0.3, 0.4) is 0 Å². The number of ether oxygens (including phenoxy) is 1. The number of likely N-dealkylation sites (N-methyl/N-ethyl adjacent to an activating group) is 1. The zero-order valence-corrected chi connectivity index (χ0v) is 19.5. The normalized spacial score (nSPS) is 21.6. The van der Waals surface area contributed by atoms with Gasteiger partial charge in [-0.1, -0.05) is 25.1 Å². The van der Waals surface area contributed by atoms with E-state index >= 15 is 0 Å². The number of sulfonamides is 1. The van der Waals surface area contributed by atoms with Gasteiger partial charge in [0.05, 0.1) is 13.2 Å². The molecule has 1 N–H and O–H groups in total. The molecule has 3 rings (SSSR count). The summed E-state index contributed by atoms with van der Waals surface area (Å²) in [6.07, 6.45) is -0.491. The van der Waals surface area contributed by atoms with Crippen molar-refractivity contribution < 1.29 is 27.4 Å². The number of aliphatic hydroxyl groups excluding tert-OH is 1. The Morgan fingerprint density at radius 2 is 1.97 bits per heavy atom. The Hall–Kier alpha value is -2.49. The van der Waals surface area contributed by atoms with Crippen LogP contribution in [-0.4, -0.2) is 67.5 Å². The monoisotopic (exact) mass is 464 g/mol. The van der Waals surface area contributed by atoms with Crippen LogP contribution in [0.25, 0.3) is 11.1 Å². The van der Waals surface area contributed by atoms with Gasteiger partial charge in [0.25, 0.3) is 0 Å². The molecule has 174 valence electrons. The fourth-order valence-electron chi connectivity index (χ4n) is 3.69. The molecule has 1 aliphatic heterocycles. The van der Waals surface area contributed by atoms with Crippen molar-refractivity contribution in [2.24, 2.45) is 5.92 Å². The fraction of sp³-hybridized carbons (Fsp3) is 0.435. The molecule has 1 aliphatic rings. The van der Waals surface area contributed by atoms with Crippen molar-refractivity contribution in [1.29, 1.82) is 0 Å². The Morgan fingerprint density at radius 1 is 1.28 bits per heavy atom. The predicted molar refractivity (Wildman–Crippen MR) is 119 cm³/mol. The SMILES string of the molecule is CC(=O)N(C)C[C@@H]1Oc2cc(-c3cccc(F)c3)ccc2S(=O)(=O)N([C@@H](C)CO)C[C@@H]1C. The van der Waals surface area contributed by atoms with Gasteiger partial charge in [0.15, 0.2) is 0 Å². The van der Waals surface area contributed by atoms with E-state index in [1.54, 1.807) is 38.2 Å². The highest BCUT2D eigenvalue weighted by Gasteiger charge is 2.38. The molecular formula is C23H29FN2O5S. The molecule has 32 heavy (non-hydrogen) atoms. The van der Waals surface area contributed by atoms with Crippen LogP contribution < -0.4 is 4.74 Å². The number of hydrogen-bond acceptors (Lipinski definition) is 5. The first-order chi connectivity index (χ1) is 15.0. The second-order valence-corrected chi connectivity index (χ2v) is 10.2. The zero-order chi connectivity index (χ0) is 23.6. The first-order valence-electron chi connectivity index (χ1n) is 10.5. The van der Waals surface area contributed by atoms with Gasteiger partial charge < -0.3 is 14.7 Å². The summed E-state index contributed by atoms with van der Waals surface area (Å²) in [6.45, 7) is 5.01. The smallest absolute Gasteiger partial charge is 0.247 e. The summed E-state index contributed by atoms with van der Waals surface area (Å²) >= 11 is 0. The van der Waals surface area contributed by atoms with Gasteiger partial charge in [-0.3, -0.25) is 4.79 Å². The van der Waals surface area contributed by atoms with Gasteiger partial charge in [-0.2, -0.15) is 4.31 Å². The number of hydrogen-bond donors (Lipinski definition) is 1. The Balaban J connectivity index is 2.14. The van der Waals surface area contributed by atoms with Crippen molar-refractivity contribution in [3.05, 3.63) is 48.3 Å². The standard InChI is InChI=1S/C23H29FN2O5S/c1-15-12-26(16(2)14-27)32(29,30)23-9-8-19(18-6-5-7-20(24)10-18)11-21(23)31-22(15)13-25(4)17(3)28/h5-11,15-16,22,27H,12-14H2,1-4H3/t15-,16-,22-/m0/s1. The van der Waals surface area contributed by atoms with Crippen LogP contribution in [0.5, 0.6) is 5.75 Å². The van der Waals surface area contributed by atoms with Gasteiger partial charge in [-0.15, -0.1) is 0 Å². The predicted octanol–water partition coefficient (Wildman–Crippen LogP) is 2.74. The van der Waals surface area contributed by atoms with Crippen molar-refractivity contribution in [2.45, 2.75) is 37.8 Å². The molecule has 2 aromatic carbocycles. The molecule has 0 saturated heterocycles. The summed E-state index contributed by atoms with van der Waals surface area (Å²) in [4.78, 5) is 13.3. The first-order valence-corrected chi connectivity index (χ1v) is 11.9. The molecular weight excluding hydrogens is 435 g/mol. The third kappa shape index (κ3) is 4.95. The van der Waals surface area contributed by atoms with Gasteiger partial charge in [0.1, 0.15) is 22.6 Å². The van der Waals surface area contributed by atoms with Crippen molar-refractivity contribution >= 4 is 15.9 Å². The molecule has 2 aromatic rings. The molecule has 0 radical (unpaired) electrons. The molecule has 0 bridgehead atoms. The Kier molecular flexibility index (Phi) is 7.22. The lowest BCUT2D eigenvalue weighted by Crippen LogP contribution is -2.50. The van der Waals surface area contributed by atoms with E-state index in [9.17, 15) is 22.7 Å². The van der Waals surface area contributed by atoms with E-state index in [0.717, 1.165) is 0 Å². The molecule has 0 aliphatic carbocycles. The average Bonchev–Trinajstić information content (AvgIpc) is 2.75. The molecule has 1 heterocycles. The average molecular weight is 465 g/mol. The molecule has 0 aromatic heterocycles. The molecule has 0 saturated carbocycles. The van der Waals surface area contributed by atoms with Crippen molar-refractivity contribution in [3.8, 4) is 16.9 Å². The van der Waals surface area contributed by atoms with Crippen LogP contribution in [0.15, 0.2) is 47.4 Å². The van der Waals surface area contributed by atoms with Gasteiger partial charge in [-0.05, 0) is 42.3 Å². The zero-order valence-electron chi connectivity index (χ0n) is 18.7. The summed E-state index contributed by atoms with van der Waals surface area (Å²) < 4.78 is 48.2. The topological polar surface area (TPSA) is 87.2 Å². The summed E-state index contributed by atoms with van der Waals surface area (Å²) in [5, 5.41) is 9.69. The van der Waals surface area contributed by atoms with Crippen molar-refractivity contribution in [3.63, 3.8) is 0 Å². The van der Waals surface area contributed by atoms with Gasteiger partial charge >= 0.3 is 0 Å². The minimum absolute atomic E-state index is 0.0275. The van der Waals surface area contributed by atoms with E-state index in [2.05, 4.69) is 0 Å². The lowest BCUT2D eigenvalue weighted by Gasteiger charge is -2.37. The number of benzene rings is 2. The first kappa shape index (κ1) is 24.2. The third-order valence-corrected chi connectivity index (χ3v) is 7.84. The van der Waals surface area contributed by atoms with E-state index < -0.39 is 28.0 Å². The van der Waals surface area contributed by atoms with Crippen LogP contribution in [0, 0.1) is 11.7 Å². The molecule has 9 heteroatoms. The van der Waals surface area contributed by atoms with E-state index in [4.69, 9.17) is 4.74 Å². The Morgan fingerprint density at radius 3 is 2.59 bits per heavy atom. The molecule has 0 unspecified atom stereocenters. The summed E-state index contributed by atoms with van der Waals surface area (Å²) in [5.74, 6) is -0.674. The number of halogens is 1. The number of rotatable bonds is 5. The lowest BCUT2D eigenvalue weighted by molar-refractivity contribution is -0.129. The maximum absolute atomic E-state index is 13.8. The third-order valence-electron chi connectivity index (χ3n) is 5.82. The van der Waals surface area contributed by atoms with Crippen molar-refractivity contribution in [2.75, 3.05) is 26.7 Å². The van der Waals surface area contributed by atoms with Crippen molar-refractivity contribution in [1.82, 2.24) is 9.21 Å². The largest absolute Gasteiger partial charge is 0.487 e. The molecule has 0 spiro atoms. The van der Waals surface area contributed by atoms with E-state index in [1.165, 1.54) is 34.3 Å². The highest BCUT2D eigenvalue weighted by Crippen LogP contribution is 2.36. The minimum atomic E-state index is -3.97. The Bertz CT molecular complexity index is 1090. The summed E-state index contributed by atoms with van der Waals surface area (Å²) in [7, 11) is -2.31. The maximum atomic E-state index is 13.8. The van der Waals surface area contributed by atoms with E-state index in [1.807, 2.05) is 6.92 Å². The minimum Gasteiger partial charge on any atom is -0.487 e. The van der Waals surface area contributed by atoms with Crippen LogP contribution in [0.1, 0.15) is 20.8 Å². The van der Waals surface area contributed by atoms with Crippen LogP contribution in [-0.2, 0) is 14.8 Å². The summed E-state index contributed by atoms with van der Waals surface area (Å²) in [6, 6.07) is 10.0. The number of fused-ring (bicyclic) bond motifs is 1. The second kappa shape index (κ2) is 9.56. The lowest BCUT2D eigenvalue weighted by atomic mass is 10.0. The number of aliphatic hydroxyl groups is 1. The second-order valence-electron chi connectivity index (χ2n) is 8.31. The van der Waals surface area contributed by atoms with Gasteiger partial charge in [-0.25, -0.2) is 12.8 Å². The highest BCUT2D eigenvalue weighted by molar-refractivity contribution is 7.89. The molecule has 1 amide bonds. The van der Waals surface area contributed by atoms with Crippen LogP contribution in [0.2, 0.25) is 0 Å². The van der Waals surface area contributed by atoms with Crippen LogP contribution >= 0.6 is 0 Å². The van der Waals surface area contributed by atoms with Gasteiger partial charge in [0.2, 0.25) is 15.9 Å². The quantitative estimate of drug-likeness (QED) is 0.735. The maximum Gasteiger partial charge on any atom is 0.247 e. The number of nitrogens with zero attached hydrogens (tertiary/aromatic N) is 2. The number of carbonyl (C=O) groups is 1. The van der Waals surface area contributed by atoms with Crippen LogP contribution in [0.4, 0.5) is 4.39 Å². The molecule has 0 fully saturated rings. The highest BCUT2D eigenvalue weighted by atomic mass is 32.2. The molecule has 3 atom stereocenters. The number of carbonyl (C=O) groups excluding carboxylic acids is 1.